The van der Waals surface area contributed by atoms with Crippen molar-refractivity contribution in [2.45, 2.75) is 13.8 Å². The lowest BCUT2D eigenvalue weighted by molar-refractivity contribution is -0.207. The van der Waals surface area contributed by atoms with E-state index in [0.29, 0.717) is 20.3 Å². The van der Waals surface area contributed by atoms with Crippen LogP contribution in [-0.2, 0) is 0 Å². The van der Waals surface area contributed by atoms with Gasteiger partial charge in [-0.15, -0.1) is 13.7 Å². The summed E-state index contributed by atoms with van der Waals surface area (Å²) in [6, 6.07) is 0. The first-order valence-corrected chi connectivity index (χ1v) is 7.97. The van der Waals surface area contributed by atoms with E-state index < -0.39 is 0 Å². The number of halogens is 5. The van der Waals surface area contributed by atoms with E-state index in [0.717, 1.165) is 0 Å². The van der Waals surface area contributed by atoms with E-state index in [-0.39, 0.29) is 36.2 Å². The molecule has 0 spiro atoms. The molecule has 7 heteroatoms. The second-order valence-electron chi connectivity index (χ2n) is 3.98. The summed E-state index contributed by atoms with van der Waals surface area (Å²) in [4.78, 5) is 0. The number of hydrogen-bond acceptors (Lipinski definition) is 1. The van der Waals surface area contributed by atoms with Crippen molar-refractivity contribution in [2.75, 3.05) is 6.16 Å². The maximum atomic E-state index is 12.1. The third-order valence-electron chi connectivity index (χ3n) is 2.02. The van der Waals surface area contributed by atoms with Crippen LogP contribution in [0.2, 0.25) is 25.1 Å². The topological polar surface area (TPSA) is 23.1 Å². The molecule has 0 radical (unpaired) electrons. The molecule has 0 N–H and O–H groups in total. The predicted octanol–water partition coefficient (Wildman–Crippen LogP) is 5.39. The van der Waals surface area contributed by atoms with Crippen LogP contribution in [0.15, 0.2) is 0 Å². The Morgan fingerprint density at radius 2 is 1.33 bits per heavy atom. The fraction of sp³-hybridized carbons (Fsp3) is 0.364. The minimum absolute atomic E-state index is 0.0517. The van der Waals surface area contributed by atoms with Gasteiger partial charge in [0.15, 0.2) is 0 Å². The average Bonchev–Trinajstić information content (AvgIpc) is 2.31. The summed E-state index contributed by atoms with van der Waals surface area (Å²) in [5.74, 6) is 0.395. The Kier molecular flexibility index (Phi) is 6.55. The molecule has 1 aromatic carbocycles. The Morgan fingerprint density at radius 3 is 1.72 bits per heavy atom. The molecular weight excluding hydrogens is 356 g/mol. The Morgan fingerprint density at radius 1 is 0.944 bits per heavy atom. The average molecular weight is 365 g/mol. The van der Waals surface area contributed by atoms with Crippen LogP contribution < -0.4 is 5.11 Å². The second kappa shape index (κ2) is 6.99. The molecule has 100 valence electrons. The van der Waals surface area contributed by atoms with Crippen LogP contribution in [0, 0.1) is 5.92 Å². The number of rotatable bonds is 3. The van der Waals surface area contributed by atoms with Crippen molar-refractivity contribution in [3.05, 3.63) is 30.7 Å². The molecule has 0 aliphatic rings. The highest BCUT2D eigenvalue weighted by Crippen LogP contribution is 2.44. The number of benzene rings is 1. The molecule has 18 heavy (non-hydrogen) atoms. The summed E-state index contributed by atoms with van der Waals surface area (Å²) in [5, 5.41) is 12.3. The highest BCUT2D eigenvalue weighted by atomic mass is 35.5. The van der Waals surface area contributed by atoms with E-state index in [1.807, 2.05) is 13.8 Å². The maximum absolute atomic E-state index is 12.1. The predicted molar refractivity (Wildman–Crippen MR) is 82.2 cm³/mol. The van der Waals surface area contributed by atoms with Crippen LogP contribution in [0.5, 0.6) is 0 Å². The van der Waals surface area contributed by atoms with Gasteiger partial charge in [-0.2, -0.15) is 0 Å². The molecule has 1 rings (SSSR count). The molecule has 0 aliphatic heterocycles. The fourth-order valence-electron chi connectivity index (χ4n) is 1.14. The Bertz CT molecular complexity index is 470. The first-order chi connectivity index (χ1) is 8.27. The van der Waals surface area contributed by atoms with Gasteiger partial charge in [-0.25, -0.2) is 0 Å². The third-order valence-corrected chi connectivity index (χ3v) is 5.72. The molecule has 0 saturated heterocycles. The molecule has 0 saturated carbocycles. The summed E-state index contributed by atoms with van der Waals surface area (Å²) in [7, 11) is 0.599. The van der Waals surface area contributed by atoms with Crippen LogP contribution in [0.1, 0.15) is 19.4 Å². The first-order valence-electron chi connectivity index (χ1n) is 5.00. The zero-order valence-electron chi connectivity index (χ0n) is 9.53. The molecule has 0 unspecified atom stereocenters. The summed E-state index contributed by atoms with van der Waals surface area (Å²) in [6.07, 6.45) is 0.712. The summed E-state index contributed by atoms with van der Waals surface area (Å²) in [6.45, 7) is 4.04. The molecule has 1 aromatic rings. The van der Waals surface area contributed by atoms with Crippen LogP contribution in [-0.4, -0.2) is 11.6 Å². The van der Waals surface area contributed by atoms with Crippen molar-refractivity contribution in [3.63, 3.8) is 0 Å². The minimum atomic E-state index is -0.209. The van der Waals surface area contributed by atoms with E-state index in [9.17, 15) is 5.11 Å². The largest absolute Gasteiger partial charge is 0.823 e. The van der Waals surface area contributed by atoms with Gasteiger partial charge >= 0.3 is 0 Å². The van der Waals surface area contributed by atoms with E-state index >= 15 is 0 Å². The summed E-state index contributed by atoms with van der Waals surface area (Å²) in [5.41, 5.74) is -0.0702. The monoisotopic (exact) mass is 363 g/mol. The van der Waals surface area contributed by atoms with Gasteiger partial charge in [-0.1, -0.05) is 71.9 Å². The molecular formula is C11H9Cl5OP-. The van der Waals surface area contributed by atoms with Gasteiger partial charge in [0.2, 0.25) is 0 Å². The van der Waals surface area contributed by atoms with Crippen LogP contribution >= 0.6 is 66.2 Å². The van der Waals surface area contributed by atoms with Gasteiger partial charge in [0.1, 0.15) is 0 Å². The lowest BCUT2D eigenvalue weighted by Crippen LogP contribution is -2.18. The molecule has 0 aliphatic carbocycles. The molecule has 0 aromatic heterocycles. The van der Waals surface area contributed by atoms with Crippen LogP contribution in [0.25, 0.3) is 0 Å². The van der Waals surface area contributed by atoms with Gasteiger partial charge in [0.25, 0.3) is 0 Å². The van der Waals surface area contributed by atoms with E-state index in [1.165, 1.54) is 0 Å². The maximum Gasteiger partial charge on any atom is 0.0809 e. The van der Waals surface area contributed by atoms with Gasteiger partial charge in [0.05, 0.1) is 25.1 Å². The van der Waals surface area contributed by atoms with Gasteiger partial charge < -0.3 is 5.11 Å². The second-order valence-corrected chi connectivity index (χ2v) is 6.96. The highest BCUT2D eigenvalue weighted by molar-refractivity contribution is 7.40. The Balaban J connectivity index is 3.37. The summed E-state index contributed by atoms with van der Waals surface area (Å²) >= 11 is 29.7. The van der Waals surface area contributed by atoms with Crippen molar-refractivity contribution in [1.29, 1.82) is 0 Å². The lowest BCUT2D eigenvalue weighted by atomic mass is 10.2. The van der Waals surface area contributed by atoms with Crippen molar-refractivity contribution >= 4 is 71.7 Å². The normalized spacial score (nSPS) is 12.4. The standard InChI is InChI=1S/C11H10Cl5OP/c1-4(2)3-18-11(17)5-6(12)8(14)10(16)9(15)7(5)13/h4,17H,3H2,1-2H3/p-1. The fourth-order valence-corrected chi connectivity index (χ4v) is 3.49. The zero-order chi connectivity index (χ0) is 14.0. The van der Waals surface area contributed by atoms with Gasteiger partial charge in [-0.3, -0.25) is 0 Å². The third kappa shape index (κ3) is 3.67. The molecule has 0 atom stereocenters. The van der Waals surface area contributed by atoms with Crippen LogP contribution in [0.4, 0.5) is 0 Å². The first kappa shape index (κ1) is 16.9. The lowest BCUT2D eigenvalue weighted by Gasteiger charge is -2.19. The Hall–Kier alpha value is 0.800. The van der Waals surface area contributed by atoms with E-state index in [2.05, 4.69) is 0 Å². The summed E-state index contributed by atoms with van der Waals surface area (Å²) < 4.78 is 0. The minimum Gasteiger partial charge on any atom is -0.823 e. The van der Waals surface area contributed by atoms with E-state index in [1.54, 1.807) is 0 Å². The smallest absolute Gasteiger partial charge is 0.0809 e. The van der Waals surface area contributed by atoms with Gasteiger partial charge in [-0.05, 0) is 12.1 Å². The van der Waals surface area contributed by atoms with Crippen molar-refractivity contribution in [2.24, 2.45) is 5.92 Å². The van der Waals surface area contributed by atoms with Crippen molar-refractivity contribution in [3.8, 4) is 0 Å². The van der Waals surface area contributed by atoms with Gasteiger partial charge in [0, 0.05) is 5.56 Å². The molecule has 1 nitrogen and oxygen atoms in total. The Labute approximate surface area is 133 Å². The zero-order valence-corrected chi connectivity index (χ0v) is 14.2. The highest BCUT2D eigenvalue weighted by Gasteiger charge is 2.18. The van der Waals surface area contributed by atoms with Crippen molar-refractivity contribution < 1.29 is 5.11 Å². The molecule has 0 heterocycles. The molecule has 0 fully saturated rings. The quantitative estimate of drug-likeness (QED) is 0.400. The van der Waals surface area contributed by atoms with E-state index in [4.69, 9.17) is 58.0 Å². The number of hydrogen-bond donors (Lipinski definition) is 0. The SMILES string of the molecule is CC(C)CP=C([O-])c1c(Cl)c(Cl)c(Cl)c(Cl)c1Cl. The van der Waals surface area contributed by atoms with Crippen LogP contribution in [0.3, 0.4) is 0 Å². The molecule has 0 amide bonds. The van der Waals surface area contributed by atoms with Crippen molar-refractivity contribution in [1.82, 2.24) is 0 Å². The molecule has 0 bridgehead atoms.